The lowest BCUT2D eigenvalue weighted by molar-refractivity contribution is 0.0504. The highest BCUT2D eigenvalue weighted by Gasteiger charge is 2.21. The Morgan fingerprint density at radius 1 is 1.11 bits per heavy atom. The van der Waals surface area contributed by atoms with E-state index in [0.717, 1.165) is 21.2 Å². The van der Waals surface area contributed by atoms with E-state index in [1.807, 2.05) is 42.5 Å². The summed E-state index contributed by atoms with van der Waals surface area (Å²) in [5.74, 6) is 0. The van der Waals surface area contributed by atoms with E-state index < -0.39 is 5.60 Å². The van der Waals surface area contributed by atoms with Crippen LogP contribution in [0.4, 0.5) is 0 Å². The van der Waals surface area contributed by atoms with Gasteiger partial charge in [-0.15, -0.1) is 0 Å². The Hall–Kier alpha value is -1.16. The van der Waals surface area contributed by atoms with Crippen LogP contribution in [0.25, 0.3) is 11.1 Å². The minimum absolute atomic E-state index is 0.471. The molecule has 19 heavy (non-hydrogen) atoms. The van der Waals surface area contributed by atoms with Gasteiger partial charge >= 0.3 is 0 Å². The van der Waals surface area contributed by atoms with Crippen LogP contribution < -0.4 is 5.73 Å². The minimum atomic E-state index is -0.860. The number of hydrogen-bond donors (Lipinski definition) is 2. The van der Waals surface area contributed by atoms with Crippen molar-refractivity contribution in [2.45, 2.75) is 18.9 Å². The quantitative estimate of drug-likeness (QED) is 0.903. The summed E-state index contributed by atoms with van der Waals surface area (Å²) in [6.07, 6.45) is 0.557. The van der Waals surface area contributed by atoms with E-state index in [-0.39, 0.29) is 0 Å². The van der Waals surface area contributed by atoms with Crippen molar-refractivity contribution in [3.05, 3.63) is 58.6 Å². The Labute approximate surface area is 122 Å². The molecule has 0 radical (unpaired) electrons. The smallest absolute Gasteiger partial charge is 0.0880 e. The molecule has 0 saturated carbocycles. The van der Waals surface area contributed by atoms with Crippen molar-refractivity contribution in [1.29, 1.82) is 0 Å². The fourth-order valence-corrected chi connectivity index (χ4v) is 2.64. The third kappa shape index (κ3) is 3.24. The number of rotatable bonds is 4. The van der Waals surface area contributed by atoms with E-state index in [1.165, 1.54) is 0 Å². The third-order valence-electron chi connectivity index (χ3n) is 3.32. The first-order chi connectivity index (χ1) is 9.04. The molecule has 2 rings (SSSR count). The van der Waals surface area contributed by atoms with E-state index in [2.05, 4.69) is 22.0 Å². The van der Waals surface area contributed by atoms with E-state index in [0.29, 0.717) is 13.0 Å². The second-order valence-corrected chi connectivity index (χ2v) is 5.72. The highest BCUT2D eigenvalue weighted by atomic mass is 79.9. The SMILES string of the molecule is CC(O)(CCN)c1ccc(-c2ccccc2Br)cc1. The van der Waals surface area contributed by atoms with Crippen molar-refractivity contribution in [2.24, 2.45) is 5.73 Å². The molecule has 2 aromatic carbocycles. The highest BCUT2D eigenvalue weighted by molar-refractivity contribution is 9.10. The van der Waals surface area contributed by atoms with Crippen molar-refractivity contribution < 1.29 is 5.11 Å². The Morgan fingerprint density at radius 2 is 1.74 bits per heavy atom. The van der Waals surface area contributed by atoms with Crippen LogP contribution in [0, 0.1) is 0 Å². The van der Waals surface area contributed by atoms with Gasteiger partial charge in [-0.3, -0.25) is 0 Å². The molecule has 0 aromatic heterocycles. The summed E-state index contributed by atoms with van der Waals surface area (Å²) in [6, 6.07) is 16.1. The van der Waals surface area contributed by atoms with Crippen LogP contribution >= 0.6 is 15.9 Å². The number of nitrogens with two attached hydrogens (primary N) is 1. The Bertz CT molecular complexity index is 549. The molecule has 0 aliphatic rings. The molecule has 100 valence electrons. The topological polar surface area (TPSA) is 46.2 Å². The summed E-state index contributed by atoms with van der Waals surface area (Å²) in [5, 5.41) is 10.3. The number of benzene rings is 2. The largest absolute Gasteiger partial charge is 0.385 e. The maximum atomic E-state index is 10.3. The normalized spacial score (nSPS) is 14.1. The molecule has 0 amide bonds. The first kappa shape index (κ1) is 14.3. The molecule has 1 atom stereocenters. The summed E-state index contributed by atoms with van der Waals surface area (Å²) in [7, 11) is 0. The second-order valence-electron chi connectivity index (χ2n) is 4.87. The molecule has 0 aliphatic heterocycles. The Kier molecular flexibility index (Phi) is 4.40. The van der Waals surface area contributed by atoms with Gasteiger partial charge in [0.05, 0.1) is 5.60 Å². The molecule has 0 aliphatic carbocycles. The van der Waals surface area contributed by atoms with Gasteiger partial charge in [0.2, 0.25) is 0 Å². The first-order valence-corrected chi connectivity index (χ1v) is 7.12. The number of aliphatic hydroxyl groups is 1. The molecule has 0 fully saturated rings. The van der Waals surface area contributed by atoms with Crippen LogP contribution in [0.15, 0.2) is 53.0 Å². The zero-order valence-corrected chi connectivity index (χ0v) is 12.5. The van der Waals surface area contributed by atoms with E-state index >= 15 is 0 Å². The van der Waals surface area contributed by atoms with Crippen LogP contribution in [0.3, 0.4) is 0 Å². The van der Waals surface area contributed by atoms with Crippen molar-refractivity contribution in [2.75, 3.05) is 6.54 Å². The number of halogens is 1. The standard InChI is InChI=1S/C16H18BrNO/c1-16(19,10-11-18)13-8-6-12(7-9-13)14-4-2-3-5-15(14)17/h2-9,19H,10-11,18H2,1H3. The fraction of sp³-hybridized carbons (Fsp3) is 0.250. The molecular weight excluding hydrogens is 302 g/mol. The van der Waals surface area contributed by atoms with Gasteiger partial charge in [0.15, 0.2) is 0 Å². The van der Waals surface area contributed by atoms with Gasteiger partial charge in [-0.1, -0.05) is 58.4 Å². The minimum Gasteiger partial charge on any atom is -0.385 e. The number of hydrogen-bond acceptors (Lipinski definition) is 2. The molecule has 0 bridgehead atoms. The molecular formula is C16H18BrNO. The maximum Gasteiger partial charge on any atom is 0.0880 e. The summed E-state index contributed by atoms with van der Waals surface area (Å²) in [5.41, 5.74) is 7.83. The Morgan fingerprint density at radius 3 is 2.32 bits per heavy atom. The highest BCUT2D eigenvalue weighted by Crippen LogP contribution is 2.30. The van der Waals surface area contributed by atoms with Crippen LogP contribution in [0.2, 0.25) is 0 Å². The zero-order chi connectivity index (χ0) is 13.9. The molecule has 2 aromatic rings. The second kappa shape index (κ2) is 5.87. The van der Waals surface area contributed by atoms with E-state index in [4.69, 9.17) is 5.73 Å². The molecule has 1 unspecified atom stereocenters. The lowest BCUT2D eigenvalue weighted by atomic mass is 9.91. The van der Waals surface area contributed by atoms with Crippen molar-refractivity contribution in [1.82, 2.24) is 0 Å². The predicted molar refractivity (Wildman–Crippen MR) is 82.8 cm³/mol. The Balaban J connectivity index is 2.31. The monoisotopic (exact) mass is 319 g/mol. The van der Waals surface area contributed by atoms with Gasteiger partial charge in [-0.2, -0.15) is 0 Å². The van der Waals surface area contributed by atoms with Gasteiger partial charge in [0.1, 0.15) is 0 Å². The maximum absolute atomic E-state index is 10.3. The summed E-state index contributed by atoms with van der Waals surface area (Å²) < 4.78 is 1.07. The van der Waals surface area contributed by atoms with Gasteiger partial charge in [0.25, 0.3) is 0 Å². The molecule has 3 heteroatoms. The fourth-order valence-electron chi connectivity index (χ4n) is 2.13. The van der Waals surface area contributed by atoms with E-state index in [9.17, 15) is 5.11 Å². The lowest BCUT2D eigenvalue weighted by Gasteiger charge is -2.23. The van der Waals surface area contributed by atoms with Crippen molar-refractivity contribution in [3.63, 3.8) is 0 Å². The lowest BCUT2D eigenvalue weighted by Crippen LogP contribution is -2.24. The first-order valence-electron chi connectivity index (χ1n) is 6.32. The molecule has 0 saturated heterocycles. The van der Waals surface area contributed by atoms with Crippen LogP contribution in [0.1, 0.15) is 18.9 Å². The van der Waals surface area contributed by atoms with Crippen LogP contribution in [0.5, 0.6) is 0 Å². The van der Waals surface area contributed by atoms with Gasteiger partial charge in [0, 0.05) is 4.47 Å². The molecule has 0 spiro atoms. The van der Waals surface area contributed by atoms with E-state index in [1.54, 1.807) is 6.92 Å². The summed E-state index contributed by atoms with van der Waals surface area (Å²) >= 11 is 3.55. The molecule has 3 N–H and O–H groups in total. The predicted octanol–water partition coefficient (Wildman–Crippen LogP) is 3.67. The van der Waals surface area contributed by atoms with Crippen LogP contribution in [-0.4, -0.2) is 11.7 Å². The average Bonchev–Trinajstić information content (AvgIpc) is 2.39. The van der Waals surface area contributed by atoms with Crippen molar-refractivity contribution in [3.8, 4) is 11.1 Å². The van der Waals surface area contributed by atoms with Crippen molar-refractivity contribution >= 4 is 15.9 Å². The van der Waals surface area contributed by atoms with Gasteiger partial charge in [-0.25, -0.2) is 0 Å². The average molecular weight is 320 g/mol. The molecule has 2 nitrogen and oxygen atoms in total. The van der Waals surface area contributed by atoms with Crippen LogP contribution in [-0.2, 0) is 5.60 Å². The zero-order valence-electron chi connectivity index (χ0n) is 10.9. The third-order valence-corrected chi connectivity index (χ3v) is 4.01. The van der Waals surface area contributed by atoms with Gasteiger partial charge in [-0.05, 0) is 42.6 Å². The summed E-state index contributed by atoms with van der Waals surface area (Å²) in [4.78, 5) is 0. The summed E-state index contributed by atoms with van der Waals surface area (Å²) in [6.45, 7) is 2.27. The van der Waals surface area contributed by atoms with Gasteiger partial charge < -0.3 is 10.8 Å². The molecule has 0 heterocycles.